The largest absolute Gasteiger partial charge is 0.478 e. The molecule has 0 aliphatic carbocycles. The number of hydrogen-bond acceptors (Lipinski definition) is 4. The molecule has 0 aromatic carbocycles. The zero-order chi connectivity index (χ0) is 12.2. The highest BCUT2D eigenvalue weighted by atomic mass is 16.5. The SMILES string of the molecule is CCCOc1cc(NC(C)(C)C)nc(C)n1. The molecule has 1 N–H and O–H groups in total. The van der Waals surface area contributed by atoms with Crippen LogP contribution >= 0.6 is 0 Å². The van der Waals surface area contributed by atoms with E-state index in [4.69, 9.17) is 4.74 Å². The summed E-state index contributed by atoms with van der Waals surface area (Å²) in [4.78, 5) is 8.55. The van der Waals surface area contributed by atoms with Crippen molar-refractivity contribution in [2.24, 2.45) is 0 Å². The fourth-order valence-corrected chi connectivity index (χ4v) is 1.27. The molecule has 0 atom stereocenters. The number of aromatic nitrogens is 2. The van der Waals surface area contributed by atoms with Gasteiger partial charge in [0.15, 0.2) is 0 Å². The van der Waals surface area contributed by atoms with Crippen molar-refractivity contribution in [3.63, 3.8) is 0 Å². The van der Waals surface area contributed by atoms with Crippen LogP contribution in [-0.4, -0.2) is 22.1 Å². The molecule has 0 amide bonds. The normalized spacial score (nSPS) is 11.3. The Bertz CT molecular complexity index is 345. The van der Waals surface area contributed by atoms with Gasteiger partial charge in [-0.2, -0.15) is 4.98 Å². The molecule has 0 fully saturated rings. The third-order valence-corrected chi connectivity index (χ3v) is 1.77. The first-order valence-corrected chi connectivity index (χ1v) is 5.67. The minimum atomic E-state index is -0.0111. The van der Waals surface area contributed by atoms with Gasteiger partial charge in [0, 0.05) is 11.6 Å². The highest BCUT2D eigenvalue weighted by Gasteiger charge is 2.11. The third-order valence-electron chi connectivity index (χ3n) is 1.77. The lowest BCUT2D eigenvalue weighted by molar-refractivity contribution is 0.304. The van der Waals surface area contributed by atoms with Crippen molar-refractivity contribution in [1.29, 1.82) is 0 Å². The molecule has 0 unspecified atom stereocenters. The summed E-state index contributed by atoms with van der Waals surface area (Å²) in [6.07, 6.45) is 0.977. The summed E-state index contributed by atoms with van der Waals surface area (Å²) in [6, 6.07) is 1.84. The number of nitrogens with one attached hydrogen (secondary N) is 1. The Hall–Kier alpha value is -1.32. The van der Waals surface area contributed by atoms with Gasteiger partial charge in [-0.3, -0.25) is 0 Å². The van der Waals surface area contributed by atoms with Crippen molar-refractivity contribution in [3.8, 4) is 5.88 Å². The summed E-state index contributed by atoms with van der Waals surface area (Å²) in [5, 5.41) is 3.31. The molecule has 0 aliphatic heterocycles. The van der Waals surface area contributed by atoms with Crippen LogP contribution in [0.5, 0.6) is 5.88 Å². The van der Waals surface area contributed by atoms with Gasteiger partial charge in [-0.1, -0.05) is 6.92 Å². The van der Waals surface area contributed by atoms with Gasteiger partial charge in [0.05, 0.1) is 6.61 Å². The summed E-state index contributed by atoms with van der Waals surface area (Å²) in [7, 11) is 0. The van der Waals surface area contributed by atoms with E-state index in [9.17, 15) is 0 Å². The number of ether oxygens (including phenoxy) is 1. The van der Waals surface area contributed by atoms with Crippen LogP contribution in [0, 0.1) is 6.92 Å². The molecule has 0 bridgehead atoms. The summed E-state index contributed by atoms with van der Waals surface area (Å²) in [5.74, 6) is 2.17. The molecule has 1 aromatic rings. The topological polar surface area (TPSA) is 47.0 Å². The maximum absolute atomic E-state index is 5.50. The molecule has 1 heterocycles. The fraction of sp³-hybridized carbons (Fsp3) is 0.667. The molecule has 0 radical (unpaired) electrons. The number of nitrogens with zero attached hydrogens (tertiary/aromatic N) is 2. The summed E-state index contributed by atoms with van der Waals surface area (Å²) >= 11 is 0. The Morgan fingerprint density at radius 3 is 2.56 bits per heavy atom. The molecular weight excluding hydrogens is 202 g/mol. The zero-order valence-corrected chi connectivity index (χ0v) is 10.8. The summed E-state index contributed by atoms with van der Waals surface area (Å²) in [5.41, 5.74) is -0.0111. The highest BCUT2D eigenvalue weighted by Crippen LogP contribution is 2.17. The van der Waals surface area contributed by atoms with E-state index in [1.165, 1.54) is 0 Å². The van der Waals surface area contributed by atoms with Crippen LogP contribution in [0.15, 0.2) is 6.07 Å². The van der Waals surface area contributed by atoms with Crippen molar-refractivity contribution in [1.82, 2.24) is 9.97 Å². The van der Waals surface area contributed by atoms with Crippen LogP contribution in [-0.2, 0) is 0 Å². The van der Waals surface area contributed by atoms with Crippen LogP contribution in [0.4, 0.5) is 5.82 Å². The van der Waals surface area contributed by atoms with Gasteiger partial charge in [-0.15, -0.1) is 0 Å². The van der Waals surface area contributed by atoms with Gasteiger partial charge in [0.1, 0.15) is 11.6 Å². The van der Waals surface area contributed by atoms with E-state index in [0.29, 0.717) is 12.5 Å². The van der Waals surface area contributed by atoms with Crippen molar-refractivity contribution >= 4 is 5.82 Å². The Morgan fingerprint density at radius 2 is 2.00 bits per heavy atom. The number of rotatable bonds is 4. The van der Waals surface area contributed by atoms with Crippen LogP contribution in [0.25, 0.3) is 0 Å². The van der Waals surface area contributed by atoms with E-state index in [1.54, 1.807) is 0 Å². The second-order valence-electron chi connectivity index (χ2n) is 4.86. The van der Waals surface area contributed by atoms with E-state index in [2.05, 4.69) is 43.0 Å². The molecular formula is C12H21N3O. The minimum Gasteiger partial charge on any atom is -0.478 e. The molecule has 1 aromatic heterocycles. The molecule has 0 spiro atoms. The molecule has 90 valence electrons. The Labute approximate surface area is 97.5 Å². The third kappa shape index (κ3) is 4.47. The first-order valence-electron chi connectivity index (χ1n) is 5.67. The molecule has 4 heteroatoms. The summed E-state index contributed by atoms with van der Waals surface area (Å²) in [6.45, 7) is 10.9. The average molecular weight is 223 g/mol. The van der Waals surface area contributed by atoms with Crippen molar-refractivity contribution in [3.05, 3.63) is 11.9 Å². The standard InChI is InChI=1S/C12H21N3O/c1-6-7-16-11-8-10(13-9(2)14-11)15-12(3,4)5/h8H,6-7H2,1-5H3,(H,13,14,15). The van der Waals surface area contributed by atoms with E-state index >= 15 is 0 Å². The first kappa shape index (κ1) is 12.7. The van der Waals surface area contributed by atoms with Crippen molar-refractivity contribution in [2.45, 2.75) is 46.6 Å². The van der Waals surface area contributed by atoms with Gasteiger partial charge < -0.3 is 10.1 Å². The average Bonchev–Trinajstić information content (AvgIpc) is 2.10. The lowest BCUT2D eigenvalue weighted by Gasteiger charge is -2.21. The Kier molecular flexibility index (Phi) is 4.10. The number of anilines is 1. The van der Waals surface area contributed by atoms with Gasteiger partial charge in [-0.25, -0.2) is 4.98 Å². The fourth-order valence-electron chi connectivity index (χ4n) is 1.27. The van der Waals surface area contributed by atoms with Gasteiger partial charge in [0.25, 0.3) is 0 Å². The van der Waals surface area contributed by atoms with Gasteiger partial charge in [0.2, 0.25) is 5.88 Å². The van der Waals surface area contributed by atoms with Crippen molar-refractivity contribution < 1.29 is 4.74 Å². The van der Waals surface area contributed by atoms with E-state index in [1.807, 2.05) is 13.0 Å². The quantitative estimate of drug-likeness (QED) is 0.852. The van der Waals surface area contributed by atoms with Crippen molar-refractivity contribution in [2.75, 3.05) is 11.9 Å². The minimum absolute atomic E-state index is 0.0111. The summed E-state index contributed by atoms with van der Waals surface area (Å²) < 4.78 is 5.50. The van der Waals surface area contributed by atoms with E-state index < -0.39 is 0 Å². The monoisotopic (exact) mass is 223 g/mol. The van der Waals surface area contributed by atoms with E-state index in [-0.39, 0.29) is 5.54 Å². The van der Waals surface area contributed by atoms with Crippen LogP contribution in [0.1, 0.15) is 39.9 Å². The maximum atomic E-state index is 5.50. The van der Waals surface area contributed by atoms with Crippen LogP contribution in [0.2, 0.25) is 0 Å². The molecule has 16 heavy (non-hydrogen) atoms. The van der Waals surface area contributed by atoms with Crippen LogP contribution < -0.4 is 10.1 Å². The first-order chi connectivity index (χ1) is 7.40. The number of aryl methyl sites for hydroxylation is 1. The van der Waals surface area contributed by atoms with Crippen LogP contribution in [0.3, 0.4) is 0 Å². The second-order valence-corrected chi connectivity index (χ2v) is 4.86. The molecule has 0 aliphatic rings. The van der Waals surface area contributed by atoms with E-state index in [0.717, 1.165) is 18.1 Å². The molecule has 0 saturated carbocycles. The highest BCUT2D eigenvalue weighted by molar-refractivity contribution is 5.40. The molecule has 4 nitrogen and oxygen atoms in total. The Morgan fingerprint density at radius 1 is 1.31 bits per heavy atom. The smallest absolute Gasteiger partial charge is 0.218 e. The van der Waals surface area contributed by atoms with Gasteiger partial charge >= 0.3 is 0 Å². The Balaban J connectivity index is 2.81. The zero-order valence-electron chi connectivity index (χ0n) is 10.8. The maximum Gasteiger partial charge on any atom is 0.218 e. The molecule has 1 rings (SSSR count). The lowest BCUT2D eigenvalue weighted by Crippen LogP contribution is -2.26. The molecule has 0 saturated heterocycles. The second kappa shape index (κ2) is 5.14. The van der Waals surface area contributed by atoms with Gasteiger partial charge in [-0.05, 0) is 34.1 Å². The predicted octanol–water partition coefficient (Wildman–Crippen LogP) is 2.78. The lowest BCUT2D eigenvalue weighted by atomic mass is 10.1. The predicted molar refractivity (Wildman–Crippen MR) is 65.9 cm³/mol. The number of hydrogen-bond donors (Lipinski definition) is 1.